The quantitative estimate of drug-likeness (QED) is 0.615. The molecule has 5 rings (SSSR count). The lowest BCUT2D eigenvalue weighted by molar-refractivity contribution is -0.188. The molecule has 2 aliphatic carbocycles. The molecule has 2 atom stereocenters. The van der Waals surface area contributed by atoms with E-state index in [2.05, 4.69) is 0 Å². The monoisotopic (exact) mass is 499 g/mol. The van der Waals surface area contributed by atoms with Crippen molar-refractivity contribution in [3.8, 4) is 11.5 Å². The summed E-state index contributed by atoms with van der Waals surface area (Å²) in [4.78, 5) is 26.2. The number of halogens is 3. The number of benzene rings is 2. The normalized spacial score (nSPS) is 22.6. The number of carbonyl (C=O) groups is 2. The summed E-state index contributed by atoms with van der Waals surface area (Å²) in [6, 6.07) is 12.0. The number of ketones is 1. The molecule has 6 nitrogen and oxygen atoms in total. The van der Waals surface area contributed by atoms with Crippen LogP contribution in [0.2, 0.25) is 0 Å². The SMILES string of the molecule is COc1cc2c(cc1OC)C13C=C(OCc4ccccc4)C(=O)C=C1C(C2)N(C(=O)C(F)(F)F)CC3. The highest BCUT2D eigenvalue weighted by molar-refractivity contribution is 6.05. The number of ether oxygens (including phenoxy) is 3. The van der Waals surface area contributed by atoms with Gasteiger partial charge in [-0.25, -0.2) is 0 Å². The number of carbonyl (C=O) groups excluding carboxylic acids is 2. The molecular formula is C27H24F3NO5. The van der Waals surface area contributed by atoms with Crippen molar-refractivity contribution < 1.29 is 37.0 Å². The Labute approximate surface area is 205 Å². The highest BCUT2D eigenvalue weighted by atomic mass is 19.4. The largest absolute Gasteiger partial charge is 0.493 e. The molecule has 0 radical (unpaired) electrons. The number of rotatable bonds is 5. The summed E-state index contributed by atoms with van der Waals surface area (Å²) in [7, 11) is 2.98. The number of allylic oxidation sites excluding steroid dienone is 2. The minimum absolute atomic E-state index is 0.117. The summed E-state index contributed by atoms with van der Waals surface area (Å²) in [6.45, 7) is 0.0450. The van der Waals surface area contributed by atoms with Crippen LogP contribution in [0.15, 0.2) is 65.9 Å². The minimum atomic E-state index is -5.02. The first-order chi connectivity index (χ1) is 17.2. The second kappa shape index (κ2) is 8.72. The molecule has 1 aliphatic heterocycles. The van der Waals surface area contributed by atoms with Gasteiger partial charge in [-0.05, 0) is 59.4 Å². The highest BCUT2D eigenvalue weighted by Gasteiger charge is 2.55. The molecule has 1 fully saturated rings. The second-order valence-electron chi connectivity index (χ2n) is 9.05. The predicted octanol–water partition coefficient (Wildman–Crippen LogP) is 4.27. The molecule has 2 aromatic rings. The lowest BCUT2D eigenvalue weighted by Crippen LogP contribution is -2.59. The number of hydrogen-bond donors (Lipinski definition) is 0. The van der Waals surface area contributed by atoms with Gasteiger partial charge in [0.2, 0.25) is 5.78 Å². The van der Waals surface area contributed by atoms with Crippen LogP contribution in [0.5, 0.6) is 11.5 Å². The maximum absolute atomic E-state index is 13.4. The fourth-order valence-corrected chi connectivity index (χ4v) is 5.51. The van der Waals surface area contributed by atoms with Crippen molar-refractivity contribution in [1.82, 2.24) is 4.90 Å². The number of likely N-dealkylation sites (tertiary alicyclic amines) is 1. The maximum Gasteiger partial charge on any atom is 0.471 e. The zero-order chi connectivity index (χ0) is 25.7. The van der Waals surface area contributed by atoms with Crippen molar-refractivity contribution in [3.63, 3.8) is 0 Å². The van der Waals surface area contributed by atoms with Gasteiger partial charge in [0.25, 0.3) is 0 Å². The van der Waals surface area contributed by atoms with Crippen LogP contribution in [0, 0.1) is 0 Å². The van der Waals surface area contributed by atoms with E-state index in [1.165, 1.54) is 20.3 Å². The van der Waals surface area contributed by atoms with Crippen LogP contribution in [0.25, 0.3) is 0 Å². The van der Waals surface area contributed by atoms with Gasteiger partial charge in [0.05, 0.1) is 20.3 Å². The first-order valence-corrected chi connectivity index (χ1v) is 11.5. The van der Waals surface area contributed by atoms with E-state index in [1.54, 1.807) is 18.2 Å². The smallest absolute Gasteiger partial charge is 0.471 e. The number of hydrogen-bond acceptors (Lipinski definition) is 5. The third-order valence-electron chi connectivity index (χ3n) is 7.15. The van der Waals surface area contributed by atoms with Gasteiger partial charge in [-0.15, -0.1) is 0 Å². The summed E-state index contributed by atoms with van der Waals surface area (Å²) in [5, 5.41) is 0. The predicted molar refractivity (Wildman–Crippen MR) is 124 cm³/mol. The van der Waals surface area contributed by atoms with Crippen LogP contribution in [0.3, 0.4) is 0 Å². The van der Waals surface area contributed by atoms with Crippen LogP contribution in [0.1, 0.15) is 23.1 Å². The minimum Gasteiger partial charge on any atom is -0.493 e. The number of fused-ring (bicyclic) bond motifs is 1. The molecule has 0 saturated carbocycles. The molecule has 3 aliphatic rings. The molecule has 188 valence electrons. The van der Waals surface area contributed by atoms with E-state index in [-0.39, 0.29) is 31.8 Å². The number of amides is 1. The van der Waals surface area contributed by atoms with Gasteiger partial charge in [0.1, 0.15) is 6.61 Å². The molecule has 1 heterocycles. The summed E-state index contributed by atoms with van der Waals surface area (Å²) >= 11 is 0. The Morgan fingerprint density at radius 3 is 2.47 bits per heavy atom. The molecule has 1 saturated heterocycles. The van der Waals surface area contributed by atoms with Gasteiger partial charge in [0.15, 0.2) is 17.3 Å². The first-order valence-electron chi connectivity index (χ1n) is 11.5. The fourth-order valence-electron chi connectivity index (χ4n) is 5.51. The molecule has 0 N–H and O–H groups in total. The van der Waals surface area contributed by atoms with E-state index in [0.29, 0.717) is 17.1 Å². The van der Waals surface area contributed by atoms with E-state index in [4.69, 9.17) is 14.2 Å². The molecule has 2 aromatic carbocycles. The van der Waals surface area contributed by atoms with Gasteiger partial charge in [-0.3, -0.25) is 9.59 Å². The maximum atomic E-state index is 13.4. The zero-order valence-corrected chi connectivity index (χ0v) is 19.7. The van der Waals surface area contributed by atoms with Crippen molar-refractivity contribution in [3.05, 3.63) is 82.6 Å². The number of nitrogens with zero attached hydrogens (tertiary/aromatic N) is 1. The third kappa shape index (κ3) is 3.83. The number of methoxy groups -OCH3 is 2. The first kappa shape index (κ1) is 24.0. The molecule has 0 spiro atoms. The zero-order valence-electron chi connectivity index (χ0n) is 19.7. The molecule has 1 amide bonds. The number of piperidine rings is 1. The van der Waals surface area contributed by atoms with E-state index < -0.39 is 29.3 Å². The van der Waals surface area contributed by atoms with Gasteiger partial charge < -0.3 is 19.1 Å². The fraction of sp³-hybridized carbons (Fsp3) is 0.333. The van der Waals surface area contributed by atoms with Crippen molar-refractivity contribution in [2.75, 3.05) is 20.8 Å². The molecule has 2 unspecified atom stereocenters. The Morgan fingerprint density at radius 2 is 1.81 bits per heavy atom. The summed E-state index contributed by atoms with van der Waals surface area (Å²) in [5.74, 6) is -1.32. The van der Waals surface area contributed by atoms with Crippen LogP contribution in [-0.2, 0) is 32.8 Å². The molecule has 9 heteroatoms. The lowest BCUT2D eigenvalue weighted by Gasteiger charge is -2.53. The topological polar surface area (TPSA) is 65.1 Å². The van der Waals surface area contributed by atoms with Crippen molar-refractivity contribution in [1.29, 1.82) is 0 Å². The van der Waals surface area contributed by atoms with Crippen LogP contribution >= 0.6 is 0 Å². The van der Waals surface area contributed by atoms with E-state index in [1.807, 2.05) is 30.3 Å². The summed E-state index contributed by atoms with van der Waals surface area (Å²) < 4.78 is 57.2. The molecule has 36 heavy (non-hydrogen) atoms. The second-order valence-corrected chi connectivity index (χ2v) is 9.05. The van der Waals surface area contributed by atoms with E-state index in [0.717, 1.165) is 21.6 Å². The van der Waals surface area contributed by atoms with Gasteiger partial charge in [0, 0.05) is 12.0 Å². The Bertz CT molecular complexity index is 1280. The Kier molecular flexibility index (Phi) is 5.81. The Hall–Kier alpha value is -3.75. The van der Waals surface area contributed by atoms with Gasteiger partial charge in [-0.2, -0.15) is 13.2 Å². The molecular weight excluding hydrogens is 475 g/mol. The van der Waals surface area contributed by atoms with Crippen molar-refractivity contribution >= 4 is 11.7 Å². The Balaban J connectivity index is 1.62. The van der Waals surface area contributed by atoms with Crippen LogP contribution < -0.4 is 9.47 Å². The van der Waals surface area contributed by atoms with E-state index >= 15 is 0 Å². The number of alkyl halides is 3. The molecule has 0 aromatic heterocycles. The summed E-state index contributed by atoms with van der Waals surface area (Å²) in [6.07, 6.45) is -1.69. The Morgan fingerprint density at radius 1 is 1.11 bits per heavy atom. The van der Waals surface area contributed by atoms with Gasteiger partial charge >= 0.3 is 12.1 Å². The summed E-state index contributed by atoms with van der Waals surface area (Å²) in [5.41, 5.74) is 1.94. The average Bonchev–Trinajstić information content (AvgIpc) is 2.86. The third-order valence-corrected chi connectivity index (χ3v) is 7.15. The van der Waals surface area contributed by atoms with Gasteiger partial charge in [-0.1, -0.05) is 30.3 Å². The van der Waals surface area contributed by atoms with Crippen LogP contribution in [-0.4, -0.2) is 49.6 Å². The van der Waals surface area contributed by atoms with Crippen LogP contribution in [0.4, 0.5) is 13.2 Å². The van der Waals surface area contributed by atoms with Crippen molar-refractivity contribution in [2.24, 2.45) is 0 Å². The standard InChI is InChI=1S/C27H24F3NO5/c1-34-22-11-17-10-20-19-12-21(32)24(36-15-16-6-4-3-5-7-16)14-26(19,18(17)13-23(22)35-2)8-9-31(20)25(33)27(28,29)30/h3-7,11-14,20H,8-10,15H2,1-2H3. The van der Waals surface area contributed by atoms with Crippen molar-refractivity contribution in [2.45, 2.75) is 37.1 Å². The molecule has 2 bridgehead atoms. The average molecular weight is 499 g/mol. The lowest BCUT2D eigenvalue weighted by atomic mass is 9.58. The highest BCUT2D eigenvalue weighted by Crippen LogP contribution is 2.54. The van der Waals surface area contributed by atoms with E-state index in [9.17, 15) is 22.8 Å².